The van der Waals surface area contributed by atoms with Gasteiger partial charge in [-0.15, -0.1) is 0 Å². The van der Waals surface area contributed by atoms with E-state index in [-0.39, 0.29) is 10.9 Å². The monoisotopic (exact) mass is 319 g/mol. The molecule has 1 atom stereocenters. The van der Waals surface area contributed by atoms with E-state index < -0.39 is 10.0 Å². The van der Waals surface area contributed by atoms with Gasteiger partial charge >= 0.3 is 0 Å². The molecular formula is C16H21N3O2S. The minimum atomic E-state index is -3.45. The van der Waals surface area contributed by atoms with Gasteiger partial charge in [0.2, 0.25) is 0 Å². The average Bonchev–Trinajstić information content (AvgIpc) is 3.08. The summed E-state index contributed by atoms with van der Waals surface area (Å²) in [6.45, 7) is 5.27. The summed E-state index contributed by atoms with van der Waals surface area (Å²) in [5, 5.41) is 4.22. The molecular weight excluding hydrogens is 298 g/mol. The molecule has 0 bridgehead atoms. The SMILES string of the molecule is Cc1ccc([C@@H]2CCN(S(=O)(=O)c3ccnn3C)C2)c(C)c1. The molecule has 3 rings (SSSR count). The van der Waals surface area contributed by atoms with Gasteiger partial charge in [0.05, 0.1) is 6.20 Å². The lowest BCUT2D eigenvalue weighted by Crippen LogP contribution is -2.30. The van der Waals surface area contributed by atoms with Crippen LogP contribution in [0.15, 0.2) is 35.5 Å². The molecule has 2 heterocycles. The third kappa shape index (κ3) is 2.57. The Hall–Kier alpha value is -1.66. The summed E-state index contributed by atoms with van der Waals surface area (Å²) >= 11 is 0. The van der Waals surface area contributed by atoms with E-state index in [1.807, 2.05) is 0 Å². The molecule has 6 heteroatoms. The van der Waals surface area contributed by atoms with Gasteiger partial charge in [-0.05, 0) is 43.4 Å². The van der Waals surface area contributed by atoms with Crippen molar-refractivity contribution >= 4 is 10.0 Å². The van der Waals surface area contributed by atoms with Gasteiger partial charge in [0.25, 0.3) is 10.0 Å². The minimum absolute atomic E-state index is 0.258. The maximum absolute atomic E-state index is 12.7. The molecule has 0 spiro atoms. The fourth-order valence-corrected chi connectivity index (χ4v) is 4.83. The van der Waals surface area contributed by atoms with Gasteiger partial charge in [-0.3, -0.25) is 4.68 Å². The van der Waals surface area contributed by atoms with Crippen molar-refractivity contribution in [1.82, 2.24) is 14.1 Å². The highest BCUT2D eigenvalue weighted by atomic mass is 32.2. The molecule has 0 radical (unpaired) electrons. The molecule has 1 aromatic carbocycles. The van der Waals surface area contributed by atoms with Gasteiger partial charge in [-0.25, -0.2) is 8.42 Å². The summed E-state index contributed by atoms with van der Waals surface area (Å²) in [6, 6.07) is 7.95. The van der Waals surface area contributed by atoms with Crippen LogP contribution in [0.1, 0.15) is 29.0 Å². The van der Waals surface area contributed by atoms with Gasteiger partial charge < -0.3 is 0 Å². The van der Waals surface area contributed by atoms with Crippen LogP contribution in [0.3, 0.4) is 0 Å². The lowest BCUT2D eigenvalue weighted by Gasteiger charge is -2.17. The predicted molar refractivity (Wildman–Crippen MR) is 85.2 cm³/mol. The van der Waals surface area contributed by atoms with Crippen LogP contribution in [0.4, 0.5) is 0 Å². The van der Waals surface area contributed by atoms with Gasteiger partial charge in [-0.2, -0.15) is 9.40 Å². The molecule has 0 aliphatic carbocycles. The molecule has 0 amide bonds. The summed E-state index contributed by atoms with van der Waals surface area (Å²) in [4.78, 5) is 0. The Morgan fingerprint density at radius 2 is 2.00 bits per heavy atom. The van der Waals surface area contributed by atoms with Crippen LogP contribution < -0.4 is 0 Å². The average molecular weight is 319 g/mol. The first-order valence-corrected chi connectivity index (χ1v) is 8.89. The van der Waals surface area contributed by atoms with Crippen molar-refractivity contribution in [2.75, 3.05) is 13.1 Å². The van der Waals surface area contributed by atoms with Gasteiger partial charge in [0.15, 0.2) is 5.03 Å². The standard InChI is InChI=1S/C16H21N3O2S/c1-12-4-5-15(13(2)10-12)14-7-9-19(11-14)22(20,21)16-6-8-17-18(16)3/h4-6,8,10,14H,7,9,11H2,1-3H3/t14-/m1/s1. The normalized spacial score (nSPS) is 19.7. The van der Waals surface area contributed by atoms with E-state index in [9.17, 15) is 8.42 Å². The van der Waals surface area contributed by atoms with E-state index in [0.717, 1.165) is 6.42 Å². The highest BCUT2D eigenvalue weighted by Gasteiger charge is 2.35. The Labute approximate surface area is 131 Å². The third-order valence-electron chi connectivity index (χ3n) is 4.40. The van der Waals surface area contributed by atoms with Gasteiger partial charge in [0.1, 0.15) is 0 Å². The van der Waals surface area contributed by atoms with Crippen molar-refractivity contribution in [2.45, 2.75) is 31.2 Å². The molecule has 1 aliphatic rings. The van der Waals surface area contributed by atoms with Crippen LogP contribution in [-0.2, 0) is 17.1 Å². The Balaban J connectivity index is 1.85. The zero-order valence-corrected chi connectivity index (χ0v) is 14.0. The van der Waals surface area contributed by atoms with Crippen LogP contribution >= 0.6 is 0 Å². The lowest BCUT2D eigenvalue weighted by molar-refractivity contribution is 0.463. The molecule has 5 nitrogen and oxygen atoms in total. The van der Waals surface area contributed by atoms with Crippen LogP contribution in [0, 0.1) is 13.8 Å². The quantitative estimate of drug-likeness (QED) is 0.871. The van der Waals surface area contributed by atoms with E-state index in [4.69, 9.17) is 0 Å². The zero-order valence-electron chi connectivity index (χ0n) is 13.2. The molecule has 118 valence electrons. The molecule has 22 heavy (non-hydrogen) atoms. The number of nitrogens with zero attached hydrogens (tertiary/aromatic N) is 3. The second kappa shape index (κ2) is 5.52. The van der Waals surface area contributed by atoms with Crippen LogP contribution in [0.25, 0.3) is 0 Å². The molecule has 1 saturated heterocycles. The predicted octanol–water partition coefficient (Wildman–Crippen LogP) is 2.22. The first-order chi connectivity index (χ1) is 10.4. The van der Waals surface area contributed by atoms with Crippen LogP contribution in [0.5, 0.6) is 0 Å². The van der Waals surface area contributed by atoms with Crippen molar-refractivity contribution in [3.05, 3.63) is 47.2 Å². The lowest BCUT2D eigenvalue weighted by atomic mass is 9.93. The molecule has 1 aromatic heterocycles. The Morgan fingerprint density at radius 1 is 1.23 bits per heavy atom. The first kappa shape index (κ1) is 15.2. The maximum atomic E-state index is 12.7. The topological polar surface area (TPSA) is 55.2 Å². The van der Waals surface area contributed by atoms with E-state index in [1.54, 1.807) is 17.4 Å². The van der Waals surface area contributed by atoms with Crippen LogP contribution in [-0.4, -0.2) is 35.6 Å². The van der Waals surface area contributed by atoms with Crippen molar-refractivity contribution < 1.29 is 8.42 Å². The Kier molecular flexibility index (Phi) is 3.82. The van der Waals surface area contributed by atoms with Gasteiger partial charge in [-0.1, -0.05) is 23.8 Å². The smallest absolute Gasteiger partial charge is 0.256 e. The zero-order chi connectivity index (χ0) is 15.9. The number of hydrogen-bond acceptors (Lipinski definition) is 3. The number of sulfonamides is 1. The summed E-state index contributed by atoms with van der Waals surface area (Å²) in [5.74, 6) is 0.267. The van der Waals surface area contributed by atoms with E-state index >= 15 is 0 Å². The first-order valence-electron chi connectivity index (χ1n) is 7.45. The fourth-order valence-electron chi connectivity index (χ4n) is 3.23. The molecule has 1 aliphatic heterocycles. The Morgan fingerprint density at radius 3 is 2.64 bits per heavy atom. The van der Waals surface area contributed by atoms with Gasteiger partial charge in [0, 0.05) is 20.1 Å². The largest absolute Gasteiger partial charge is 0.260 e. The molecule has 1 fully saturated rings. The number of aromatic nitrogens is 2. The van der Waals surface area contributed by atoms with Crippen molar-refractivity contribution in [3.63, 3.8) is 0 Å². The van der Waals surface area contributed by atoms with E-state index in [2.05, 4.69) is 37.1 Å². The molecule has 0 saturated carbocycles. The number of rotatable bonds is 3. The van der Waals surface area contributed by atoms with E-state index in [1.165, 1.54) is 27.6 Å². The number of aryl methyl sites for hydroxylation is 3. The summed E-state index contributed by atoms with van der Waals surface area (Å²) in [6.07, 6.45) is 2.38. The summed E-state index contributed by atoms with van der Waals surface area (Å²) in [7, 11) is -1.80. The second-order valence-corrected chi connectivity index (χ2v) is 7.89. The number of hydrogen-bond donors (Lipinski definition) is 0. The third-order valence-corrected chi connectivity index (χ3v) is 6.34. The molecule has 2 aromatic rings. The molecule has 0 N–H and O–H groups in total. The van der Waals surface area contributed by atoms with Crippen molar-refractivity contribution in [1.29, 1.82) is 0 Å². The molecule has 0 unspecified atom stereocenters. The summed E-state index contributed by atoms with van der Waals surface area (Å²) in [5.41, 5.74) is 3.73. The minimum Gasteiger partial charge on any atom is -0.256 e. The fraction of sp³-hybridized carbons (Fsp3) is 0.438. The van der Waals surface area contributed by atoms with Crippen molar-refractivity contribution in [3.8, 4) is 0 Å². The highest BCUT2D eigenvalue weighted by Crippen LogP contribution is 2.32. The number of benzene rings is 1. The highest BCUT2D eigenvalue weighted by molar-refractivity contribution is 7.89. The van der Waals surface area contributed by atoms with Crippen molar-refractivity contribution in [2.24, 2.45) is 7.05 Å². The summed E-state index contributed by atoms with van der Waals surface area (Å²) < 4.78 is 28.4. The van der Waals surface area contributed by atoms with Crippen LogP contribution in [0.2, 0.25) is 0 Å². The maximum Gasteiger partial charge on any atom is 0.260 e. The second-order valence-electron chi connectivity index (χ2n) is 6.00. The van der Waals surface area contributed by atoms with E-state index in [0.29, 0.717) is 13.1 Å². The Bertz CT molecular complexity index is 795.